The van der Waals surface area contributed by atoms with Gasteiger partial charge in [0.1, 0.15) is 0 Å². The van der Waals surface area contributed by atoms with Gasteiger partial charge in [0.05, 0.1) is 0 Å². The minimum atomic E-state index is -3.65. The first-order valence-corrected chi connectivity index (χ1v) is 5.64. The Morgan fingerprint density at radius 3 is 2.61 bits per heavy atom. The molecule has 18 heavy (non-hydrogen) atoms. The smallest absolute Gasteiger partial charge is 0.395 e. The Labute approximate surface area is 102 Å². The second-order valence-electron chi connectivity index (χ2n) is 4.62. The fourth-order valence-electron chi connectivity index (χ4n) is 2.21. The van der Waals surface area contributed by atoms with Gasteiger partial charge in [0, 0.05) is 17.5 Å². The molecule has 0 unspecified atom stereocenters. The molecule has 1 aliphatic heterocycles. The lowest BCUT2D eigenvalue weighted by Gasteiger charge is -2.31. The molecular formula is C12H11F2NO3. The molecule has 2 N–H and O–H groups in total. The van der Waals surface area contributed by atoms with E-state index in [0.717, 1.165) is 0 Å². The third kappa shape index (κ3) is 1.82. The van der Waals surface area contributed by atoms with E-state index < -0.39 is 6.29 Å². The van der Waals surface area contributed by atoms with E-state index in [2.05, 4.69) is 9.47 Å². The molecule has 3 rings (SSSR count). The number of halogens is 2. The fraction of sp³-hybridized carbons (Fsp3) is 0.417. The van der Waals surface area contributed by atoms with Gasteiger partial charge in [0.15, 0.2) is 17.3 Å². The van der Waals surface area contributed by atoms with E-state index >= 15 is 0 Å². The van der Waals surface area contributed by atoms with Crippen molar-refractivity contribution in [2.75, 3.05) is 0 Å². The quantitative estimate of drug-likeness (QED) is 0.820. The molecule has 4 nitrogen and oxygen atoms in total. The van der Waals surface area contributed by atoms with Gasteiger partial charge in [0.2, 0.25) is 0 Å². The second-order valence-corrected chi connectivity index (χ2v) is 4.62. The van der Waals surface area contributed by atoms with Crippen molar-refractivity contribution < 1.29 is 23.0 Å². The number of carbonyl (C=O) groups is 1. The highest BCUT2D eigenvalue weighted by molar-refractivity contribution is 5.99. The summed E-state index contributed by atoms with van der Waals surface area (Å²) in [5.41, 5.74) is 5.97. The monoisotopic (exact) mass is 255 g/mol. The lowest BCUT2D eigenvalue weighted by Crippen LogP contribution is -2.40. The van der Waals surface area contributed by atoms with Crippen molar-refractivity contribution in [3.05, 3.63) is 23.8 Å². The SMILES string of the molecule is NC1CC(C(=O)c2ccc3c(c2)OC(F)(F)O3)C1. The normalized spacial score (nSPS) is 27.7. The molecule has 1 fully saturated rings. The average molecular weight is 255 g/mol. The predicted octanol–water partition coefficient (Wildman–Crippen LogP) is 1.93. The van der Waals surface area contributed by atoms with Crippen LogP contribution >= 0.6 is 0 Å². The first-order chi connectivity index (χ1) is 8.44. The summed E-state index contributed by atoms with van der Waals surface area (Å²) in [6, 6.07) is 4.15. The number of alkyl halides is 2. The van der Waals surface area contributed by atoms with Crippen molar-refractivity contribution in [3.8, 4) is 11.5 Å². The van der Waals surface area contributed by atoms with Crippen LogP contribution in [0.2, 0.25) is 0 Å². The highest BCUT2D eigenvalue weighted by atomic mass is 19.3. The number of nitrogens with two attached hydrogens (primary N) is 1. The molecule has 1 aromatic rings. The maximum absolute atomic E-state index is 12.8. The van der Waals surface area contributed by atoms with Crippen LogP contribution in [0.25, 0.3) is 0 Å². The van der Waals surface area contributed by atoms with Gasteiger partial charge >= 0.3 is 6.29 Å². The van der Waals surface area contributed by atoms with Gasteiger partial charge in [-0.15, -0.1) is 8.78 Å². The zero-order chi connectivity index (χ0) is 12.9. The Bertz CT molecular complexity index is 512. The summed E-state index contributed by atoms with van der Waals surface area (Å²) in [5.74, 6) is -0.351. The van der Waals surface area contributed by atoms with Crippen LogP contribution in [0.3, 0.4) is 0 Å². The lowest BCUT2D eigenvalue weighted by atomic mass is 9.76. The Kier molecular flexibility index (Phi) is 2.31. The molecule has 0 aromatic heterocycles. The van der Waals surface area contributed by atoms with Crippen LogP contribution in [0.15, 0.2) is 18.2 Å². The molecule has 0 bridgehead atoms. The molecule has 1 saturated carbocycles. The van der Waals surface area contributed by atoms with Gasteiger partial charge < -0.3 is 15.2 Å². The summed E-state index contributed by atoms with van der Waals surface area (Å²) in [4.78, 5) is 12.0. The van der Waals surface area contributed by atoms with Gasteiger partial charge in [-0.2, -0.15) is 0 Å². The van der Waals surface area contributed by atoms with E-state index in [-0.39, 0.29) is 29.2 Å². The Hall–Kier alpha value is -1.69. The van der Waals surface area contributed by atoms with Gasteiger partial charge in [-0.05, 0) is 31.0 Å². The highest BCUT2D eigenvalue weighted by Crippen LogP contribution is 2.42. The molecule has 96 valence electrons. The summed E-state index contributed by atoms with van der Waals surface area (Å²) >= 11 is 0. The molecule has 0 radical (unpaired) electrons. The summed E-state index contributed by atoms with van der Waals surface area (Å²) < 4.78 is 34.2. The van der Waals surface area contributed by atoms with E-state index in [4.69, 9.17) is 5.73 Å². The van der Waals surface area contributed by atoms with Crippen molar-refractivity contribution in [3.63, 3.8) is 0 Å². The number of hydrogen-bond acceptors (Lipinski definition) is 4. The number of hydrogen-bond donors (Lipinski definition) is 1. The van der Waals surface area contributed by atoms with Crippen molar-refractivity contribution in [1.82, 2.24) is 0 Å². The van der Waals surface area contributed by atoms with Crippen LogP contribution in [0, 0.1) is 5.92 Å². The Balaban J connectivity index is 1.82. The number of benzene rings is 1. The largest absolute Gasteiger partial charge is 0.586 e. The average Bonchev–Trinajstić information content (AvgIpc) is 2.56. The predicted molar refractivity (Wildman–Crippen MR) is 57.7 cm³/mol. The standard InChI is InChI=1S/C12H11F2NO3/c13-12(14)17-9-2-1-6(5-10(9)18-12)11(16)7-3-8(15)4-7/h1-2,5,7-8H,3-4,15H2. The molecular weight excluding hydrogens is 244 g/mol. The maximum Gasteiger partial charge on any atom is 0.586 e. The number of fused-ring (bicyclic) bond motifs is 1. The minimum absolute atomic E-state index is 0.0538. The Morgan fingerprint density at radius 1 is 1.28 bits per heavy atom. The van der Waals surface area contributed by atoms with Crippen LogP contribution in [-0.2, 0) is 0 Å². The zero-order valence-corrected chi connectivity index (χ0v) is 9.36. The summed E-state index contributed by atoms with van der Waals surface area (Å²) in [7, 11) is 0. The lowest BCUT2D eigenvalue weighted by molar-refractivity contribution is -0.286. The number of ketones is 1. The van der Waals surface area contributed by atoms with Crippen molar-refractivity contribution >= 4 is 5.78 Å². The molecule has 0 amide bonds. The van der Waals surface area contributed by atoms with Crippen molar-refractivity contribution in [2.45, 2.75) is 25.2 Å². The van der Waals surface area contributed by atoms with E-state index in [0.29, 0.717) is 18.4 Å². The molecule has 0 saturated heterocycles. The number of rotatable bonds is 2. The topological polar surface area (TPSA) is 61.6 Å². The number of carbonyl (C=O) groups excluding carboxylic acids is 1. The van der Waals surface area contributed by atoms with Crippen LogP contribution in [-0.4, -0.2) is 18.1 Å². The molecule has 1 aliphatic carbocycles. The third-order valence-corrected chi connectivity index (χ3v) is 3.23. The molecule has 0 spiro atoms. The number of Topliss-reactive ketones (excluding diaryl/α,β-unsaturated/α-hetero) is 1. The zero-order valence-electron chi connectivity index (χ0n) is 9.36. The summed E-state index contributed by atoms with van der Waals surface area (Å²) in [5, 5.41) is 0. The molecule has 2 aliphatic rings. The van der Waals surface area contributed by atoms with Gasteiger partial charge in [0.25, 0.3) is 0 Å². The molecule has 0 atom stereocenters. The fourth-order valence-corrected chi connectivity index (χ4v) is 2.21. The maximum atomic E-state index is 12.8. The summed E-state index contributed by atoms with van der Waals surface area (Å²) in [6.07, 6.45) is -2.37. The van der Waals surface area contributed by atoms with Crippen LogP contribution in [0.4, 0.5) is 8.78 Å². The first-order valence-electron chi connectivity index (χ1n) is 5.64. The van der Waals surface area contributed by atoms with E-state index in [1.807, 2.05) is 0 Å². The van der Waals surface area contributed by atoms with Crippen LogP contribution in [0.5, 0.6) is 11.5 Å². The van der Waals surface area contributed by atoms with Crippen molar-refractivity contribution in [2.24, 2.45) is 11.7 Å². The second kappa shape index (κ2) is 3.65. The van der Waals surface area contributed by atoms with Gasteiger partial charge in [-0.1, -0.05) is 0 Å². The van der Waals surface area contributed by atoms with E-state index in [1.54, 1.807) is 0 Å². The highest BCUT2D eigenvalue weighted by Gasteiger charge is 2.44. The third-order valence-electron chi connectivity index (χ3n) is 3.23. The minimum Gasteiger partial charge on any atom is -0.395 e. The molecule has 1 heterocycles. The van der Waals surface area contributed by atoms with Gasteiger partial charge in [-0.25, -0.2) is 0 Å². The Morgan fingerprint density at radius 2 is 1.94 bits per heavy atom. The van der Waals surface area contributed by atoms with E-state index in [1.165, 1.54) is 18.2 Å². The molecule has 1 aromatic carbocycles. The van der Waals surface area contributed by atoms with Crippen LogP contribution in [0.1, 0.15) is 23.2 Å². The number of ether oxygens (including phenoxy) is 2. The van der Waals surface area contributed by atoms with Crippen LogP contribution < -0.4 is 15.2 Å². The van der Waals surface area contributed by atoms with Crippen molar-refractivity contribution in [1.29, 1.82) is 0 Å². The first kappa shape index (κ1) is 11.4. The molecule has 6 heteroatoms. The van der Waals surface area contributed by atoms with Gasteiger partial charge in [-0.3, -0.25) is 4.79 Å². The summed E-state index contributed by atoms with van der Waals surface area (Å²) in [6.45, 7) is 0. The van der Waals surface area contributed by atoms with E-state index in [9.17, 15) is 13.6 Å².